The van der Waals surface area contributed by atoms with Crippen molar-refractivity contribution >= 4 is 34.8 Å². The zero-order valence-electron chi connectivity index (χ0n) is 10.8. The van der Waals surface area contributed by atoms with Crippen LogP contribution in [0.25, 0.3) is 11.1 Å². The topological polar surface area (TPSA) is 12.0 Å². The van der Waals surface area contributed by atoms with E-state index in [0.717, 1.165) is 22.7 Å². The van der Waals surface area contributed by atoms with Crippen LogP contribution >= 0.6 is 34.8 Å². The van der Waals surface area contributed by atoms with Gasteiger partial charge in [0.2, 0.25) is 0 Å². The second-order valence-corrected chi connectivity index (χ2v) is 6.34. The minimum Gasteiger partial charge on any atom is -0.310 e. The number of hydrogen-bond acceptors (Lipinski definition) is 1. The molecule has 0 unspecified atom stereocenters. The molecule has 0 saturated heterocycles. The molecule has 2 aromatic carbocycles. The van der Waals surface area contributed by atoms with Crippen molar-refractivity contribution in [3.8, 4) is 11.1 Å². The summed E-state index contributed by atoms with van der Waals surface area (Å²) in [5.41, 5.74) is 3.38. The maximum atomic E-state index is 6.12. The summed E-state index contributed by atoms with van der Waals surface area (Å²) in [6.07, 6.45) is 2.53. The van der Waals surface area contributed by atoms with Gasteiger partial charge in [-0.3, -0.25) is 0 Å². The summed E-state index contributed by atoms with van der Waals surface area (Å²) in [6, 6.07) is 12.3. The molecule has 2 aromatic rings. The normalized spacial score (nSPS) is 14.6. The molecule has 1 fully saturated rings. The van der Waals surface area contributed by atoms with E-state index in [2.05, 4.69) is 5.32 Å². The van der Waals surface area contributed by atoms with Gasteiger partial charge in [-0.05, 0) is 53.8 Å². The summed E-state index contributed by atoms with van der Waals surface area (Å²) in [6.45, 7) is 0.820. The van der Waals surface area contributed by atoms with Gasteiger partial charge in [0.25, 0.3) is 0 Å². The Balaban J connectivity index is 1.95. The summed E-state index contributed by atoms with van der Waals surface area (Å²) >= 11 is 18.2. The number of rotatable bonds is 4. The summed E-state index contributed by atoms with van der Waals surface area (Å²) in [5, 5.41) is 5.41. The third kappa shape index (κ3) is 3.29. The predicted octanol–water partition coefficient (Wildman–Crippen LogP) is 5.57. The molecule has 1 N–H and O–H groups in total. The molecule has 0 spiro atoms. The van der Waals surface area contributed by atoms with Gasteiger partial charge in [0.05, 0.1) is 10.0 Å². The smallest absolute Gasteiger partial charge is 0.0598 e. The Morgan fingerprint density at radius 2 is 1.75 bits per heavy atom. The number of nitrogens with one attached hydrogen (secondary N) is 1. The first kappa shape index (κ1) is 14.2. The van der Waals surface area contributed by atoms with Crippen molar-refractivity contribution in [2.75, 3.05) is 0 Å². The molecule has 0 aromatic heterocycles. The lowest BCUT2D eigenvalue weighted by molar-refractivity contribution is 0.689. The van der Waals surface area contributed by atoms with E-state index in [1.165, 1.54) is 18.4 Å². The second-order valence-electron chi connectivity index (χ2n) is 5.09. The Morgan fingerprint density at radius 3 is 2.45 bits per heavy atom. The highest BCUT2D eigenvalue weighted by atomic mass is 35.5. The third-order valence-corrected chi connectivity index (χ3v) is 4.43. The zero-order valence-corrected chi connectivity index (χ0v) is 13.1. The van der Waals surface area contributed by atoms with Gasteiger partial charge in [0, 0.05) is 17.6 Å². The first-order chi connectivity index (χ1) is 9.63. The Bertz CT molecular complexity index is 636. The van der Waals surface area contributed by atoms with Crippen molar-refractivity contribution in [2.24, 2.45) is 0 Å². The standard InChI is InChI=1S/C16H14Cl3N/c17-12-2-5-14(10-1-6-15(18)16(19)8-10)11(7-12)9-20-13-3-4-13/h1-2,5-8,13,20H,3-4,9H2. The Labute approximate surface area is 133 Å². The summed E-state index contributed by atoms with van der Waals surface area (Å²) < 4.78 is 0. The summed E-state index contributed by atoms with van der Waals surface area (Å²) in [7, 11) is 0. The SMILES string of the molecule is Clc1ccc(-c2ccc(Cl)c(Cl)c2)c(CNC2CC2)c1. The molecule has 1 saturated carbocycles. The maximum Gasteiger partial charge on any atom is 0.0598 e. The Hall–Kier alpha value is -0.730. The molecule has 0 heterocycles. The summed E-state index contributed by atoms with van der Waals surface area (Å²) in [5.74, 6) is 0. The van der Waals surface area contributed by atoms with Crippen LogP contribution in [0.15, 0.2) is 36.4 Å². The van der Waals surface area contributed by atoms with Crippen LogP contribution in [-0.4, -0.2) is 6.04 Å². The van der Waals surface area contributed by atoms with Crippen molar-refractivity contribution < 1.29 is 0 Å². The van der Waals surface area contributed by atoms with E-state index >= 15 is 0 Å². The number of hydrogen-bond donors (Lipinski definition) is 1. The van der Waals surface area contributed by atoms with Crippen LogP contribution < -0.4 is 5.32 Å². The Morgan fingerprint density at radius 1 is 0.950 bits per heavy atom. The van der Waals surface area contributed by atoms with Gasteiger partial charge < -0.3 is 5.32 Å². The molecule has 1 aliphatic carbocycles. The minimum atomic E-state index is 0.570. The van der Waals surface area contributed by atoms with Crippen molar-refractivity contribution in [3.63, 3.8) is 0 Å². The molecule has 1 nitrogen and oxygen atoms in total. The first-order valence-corrected chi connectivity index (χ1v) is 7.74. The van der Waals surface area contributed by atoms with E-state index < -0.39 is 0 Å². The predicted molar refractivity (Wildman–Crippen MR) is 86.8 cm³/mol. The molecular formula is C16H14Cl3N. The van der Waals surface area contributed by atoms with Crippen LogP contribution in [-0.2, 0) is 6.54 Å². The maximum absolute atomic E-state index is 6.12. The van der Waals surface area contributed by atoms with Crippen molar-refractivity contribution in [2.45, 2.75) is 25.4 Å². The molecule has 0 radical (unpaired) electrons. The molecule has 0 amide bonds. The van der Waals surface area contributed by atoms with Crippen LogP contribution in [0.4, 0.5) is 0 Å². The highest BCUT2D eigenvalue weighted by Gasteiger charge is 2.20. The van der Waals surface area contributed by atoms with Gasteiger partial charge in [-0.1, -0.05) is 46.9 Å². The molecule has 0 aliphatic heterocycles. The van der Waals surface area contributed by atoms with E-state index in [9.17, 15) is 0 Å². The van der Waals surface area contributed by atoms with Crippen LogP contribution in [0, 0.1) is 0 Å². The second kappa shape index (κ2) is 5.95. The van der Waals surface area contributed by atoms with Crippen LogP contribution in [0.5, 0.6) is 0 Å². The molecule has 3 rings (SSSR count). The van der Waals surface area contributed by atoms with Gasteiger partial charge in [-0.15, -0.1) is 0 Å². The van der Waals surface area contributed by atoms with E-state index in [4.69, 9.17) is 34.8 Å². The molecule has 0 bridgehead atoms. The monoisotopic (exact) mass is 325 g/mol. The van der Waals surface area contributed by atoms with Crippen molar-refractivity contribution in [1.29, 1.82) is 0 Å². The fourth-order valence-corrected chi connectivity index (χ4v) is 2.69. The lowest BCUT2D eigenvalue weighted by atomic mass is 9.99. The molecule has 0 atom stereocenters. The Kier molecular flexibility index (Phi) is 4.23. The lowest BCUT2D eigenvalue weighted by Crippen LogP contribution is -2.15. The van der Waals surface area contributed by atoms with Crippen LogP contribution in [0.2, 0.25) is 15.1 Å². The number of halogens is 3. The zero-order chi connectivity index (χ0) is 14.1. The average molecular weight is 327 g/mol. The third-order valence-electron chi connectivity index (χ3n) is 3.46. The number of benzene rings is 2. The van der Waals surface area contributed by atoms with E-state index in [1.54, 1.807) is 0 Å². The molecule has 20 heavy (non-hydrogen) atoms. The van der Waals surface area contributed by atoms with E-state index in [1.807, 2.05) is 36.4 Å². The van der Waals surface area contributed by atoms with Gasteiger partial charge >= 0.3 is 0 Å². The average Bonchev–Trinajstić information content (AvgIpc) is 3.24. The quantitative estimate of drug-likeness (QED) is 0.775. The van der Waals surface area contributed by atoms with Crippen molar-refractivity contribution in [3.05, 3.63) is 57.0 Å². The van der Waals surface area contributed by atoms with E-state index in [0.29, 0.717) is 16.1 Å². The fourth-order valence-electron chi connectivity index (χ4n) is 2.20. The molecule has 1 aliphatic rings. The molecule has 104 valence electrons. The van der Waals surface area contributed by atoms with Gasteiger partial charge in [0.15, 0.2) is 0 Å². The van der Waals surface area contributed by atoms with Crippen molar-refractivity contribution in [1.82, 2.24) is 5.32 Å². The van der Waals surface area contributed by atoms with Gasteiger partial charge in [-0.2, -0.15) is 0 Å². The highest BCUT2D eigenvalue weighted by molar-refractivity contribution is 6.42. The lowest BCUT2D eigenvalue weighted by Gasteiger charge is -2.12. The van der Waals surface area contributed by atoms with Gasteiger partial charge in [0.1, 0.15) is 0 Å². The first-order valence-electron chi connectivity index (χ1n) is 6.61. The van der Waals surface area contributed by atoms with Gasteiger partial charge in [-0.25, -0.2) is 0 Å². The molecule has 4 heteroatoms. The van der Waals surface area contributed by atoms with Crippen LogP contribution in [0.3, 0.4) is 0 Å². The fraction of sp³-hybridized carbons (Fsp3) is 0.250. The largest absolute Gasteiger partial charge is 0.310 e. The molecular weight excluding hydrogens is 313 g/mol. The minimum absolute atomic E-state index is 0.570. The summed E-state index contributed by atoms with van der Waals surface area (Å²) in [4.78, 5) is 0. The van der Waals surface area contributed by atoms with Crippen LogP contribution in [0.1, 0.15) is 18.4 Å². The highest BCUT2D eigenvalue weighted by Crippen LogP contribution is 2.32. The van der Waals surface area contributed by atoms with E-state index in [-0.39, 0.29) is 0 Å².